The van der Waals surface area contributed by atoms with Crippen LogP contribution < -0.4 is 5.32 Å². The van der Waals surface area contributed by atoms with E-state index in [9.17, 15) is 0 Å². The van der Waals surface area contributed by atoms with Crippen molar-refractivity contribution in [2.75, 3.05) is 7.05 Å². The zero-order valence-electron chi connectivity index (χ0n) is 10.0. The lowest BCUT2D eigenvalue weighted by Crippen LogP contribution is -2.32. The minimum absolute atomic E-state index is 0.395. The largest absolute Gasteiger partial charge is 0.372 e. The van der Waals surface area contributed by atoms with Crippen LogP contribution in [0.2, 0.25) is 0 Å². The van der Waals surface area contributed by atoms with Crippen molar-refractivity contribution in [3.63, 3.8) is 0 Å². The monoisotopic (exact) mass is 224 g/mol. The Balaban J connectivity index is 1.71. The first-order valence-corrected chi connectivity index (χ1v) is 5.92. The van der Waals surface area contributed by atoms with E-state index in [4.69, 9.17) is 4.74 Å². The lowest BCUT2D eigenvalue weighted by Gasteiger charge is -2.27. The average Bonchev–Trinajstić information content (AvgIpc) is 2.73. The van der Waals surface area contributed by atoms with Gasteiger partial charge in [-0.2, -0.15) is 0 Å². The normalized spacial score (nSPS) is 25.9. The molecule has 1 aliphatic carbocycles. The summed E-state index contributed by atoms with van der Waals surface area (Å²) in [6.45, 7) is 0.586. The Bertz CT molecular complexity index is 318. The van der Waals surface area contributed by atoms with Crippen LogP contribution in [0.4, 0.5) is 0 Å². The van der Waals surface area contributed by atoms with Crippen LogP contribution in [0.15, 0.2) is 6.20 Å². The van der Waals surface area contributed by atoms with E-state index in [0.717, 1.165) is 18.5 Å². The summed E-state index contributed by atoms with van der Waals surface area (Å²) in [4.78, 5) is 0. The van der Waals surface area contributed by atoms with Gasteiger partial charge in [-0.05, 0) is 32.7 Å². The lowest BCUT2D eigenvalue weighted by atomic mass is 9.93. The number of rotatable bonds is 4. The molecule has 0 unspecified atom stereocenters. The van der Waals surface area contributed by atoms with E-state index in [1.807, 2.05) is 20.3 Å². The molecule has 16 heavy (non-hydrogen) atoms. The number of nitrogens with one attached hydrogen (secondary N) is 1. The maximum atomic E-state index is 5.83. The molecule has 1 fully saturated rings. The summed E-state index contributed by atoms with van der Waals surface area (Å²) in [5.74, 6) is 0. The number of hydrogen-bond acceptors (Lipinski definition) is 4. The van der Waals surface area contributed by atoms with Gasteiger partial charge in [0.15, 0.2) is 0 Å². The highest BCUT2D eigenvalue weighted by Gasteiger charge is 2.20. The molecule has 2 rings (SSSR count). The molecule has 0 atom stereocenters. The molecule has 0 saturated heterocycles. The van der Waals surface area contributed by atoms with Crippen molar-refractivity contribution in [1.29, 1.82) is 0 Å². The predicted molar refractivity (Wildman–Crippen MR) is 60.9 cm³/mol. The summed E-state index contributed by atoms with van der Waals surface area (Å²) in [6, 6.07) is 0.677. The zero-order valence-corrected chi connectivity index (χ0v) is 10.0. The predicted octanol–water partition coefficient (Wildman–Crippen LogP) is 0.862. The van der Waals surface area contributed by atoms with Crippen molar-refractivity contribution in [3.05, 3.63) is 11.9 Å². The van der Waals surface area contributed by atoms with Gasteiger partial charge in [0.25, 0.3) is 0 Å². The van der Waals surface area contributed by atoms with Crippen LogP contribution in [0, 0.1) is 0 Å². The van der Waals surface area contributed by atoms with Crippen molar-refractivity contribution in [2.45, 2.75) is 44.4 Å². The second-order valence-electron chi connectivity index (χ2n) is 4.46. The molecule has 1 aromatic heterocycles. The van der Waals surface area contributed by atoms with Gasteiger partial charge in [-0.15, -0.1) is 5.10 Å². The number of nitrogens with zero attached hydrogens (tertiary/aromatic N) is 3. The Hall–Kier alpha value is -0.940. The molecule has 1 aromatic rings. The van der Waals surface area contributed by atoms with Gasteiger partial charge in [-0.1, -0.05) is 5.21 Å². The Kier molecular flexibility index (Phi) is 3.90. The van der Waals surface area contributed by atoms with Crippen LogP contribution in [0.25, 0.3) is 0 Å². The van der Waals surface area contributed by atoms with Gasteiger partial charge < -0.3 is 10.1 Å². The van der Waals surface area contributed by atoms with Gasteiger partial charge in [0.05, 0.1) is 18.9 Å². The van der Waals surface area contributed by atoms with Crippen molar-refractivity contribution in [1.82, 2.24) is 20.3 Å². The van der Waals surface area contributed by atoms with Gasteiger partial charge >= 0.3 is 0 Å². The highest BCUT2D eigenvalue weighted by molar-refractivity contribution is 4.89. The van der Waals surface area contributed by atoms with Crippen LogP contribution in [0.5, 0.6) is 0 Å². The van der Waals surface area contributed by atoms with Gasteiger partial charge in [-0.25, -0.2) is 0 Å². The third kappa shape index (κ3) is 3.02. The second kappa shape index (κ2) is 5.41. The standard InChI is InChI=1S/C11H20N4O/c1-12-9-3-5-11(6-4-9)16-8-10-7-15(2)14-13-10/h7,9,11-12H,3-6,8H2,1-2H3. The first-order valence-electron chi connectivity index (χ1n) is 5.92. The van der Waals surface area contributed by atoms with Crippen LogP contribution in [-0.4, -0.2) is 34.2 Å². The van der Waals surface area contributed by atoms with E-state index in [2.05, 4.69) is 15.6 Å². The SMILES string of the molecule is CNC1CCC(OCc2cn(C)nn2)CC1. The van der Waals surface area contributed by atoms with Crippen molar-refractivity contribution < 1.29 is 4.74 Å². The molecular formula is C11H20N4O. The summed E-state index contributed by atoms with van der Waals surface area (Å²) in [6.07, 6.45) is 7.01. The maximum Gasteiger partial charge on any atom is 0.108 e. The summed E-state index contributed by atoms with van der Waals surface area (Å²) in [5.41, 5.74) is 0.915. The first-order chi connectivity index (χ1) is 7.78. The number of aryl methyl sites for hydroxylation is 1. The lowest BCUT2D eigenvalue weighted by molar-refractivity contribution is 0.0103. The summed E-state index contributed by atoms with van der Waals surface area (Å²) in [5, 5.41) is 11.2. The van der Waals surface area contributed by atoms with E-state index >= 15 is 0 Å². The fourth-order valence-corrected chi connectivity index (χ4v) is 2.18. The molecule has 1 heterocycles. The van der Waals surface area contributed by atoms with Crippen LogP contribution in [0.3, 0.4) is 0 Å². The molecule has 0 radical (unpaired) electrons. The molecule has 90 valence electrons. The second-order valence-corrected chi connectivity index (χ2v) is 4.46. The molecule has 1 aliphatic rings. The Morgan fingerprint density at radius 3 is 2.75 bits per heavy atom. The Morgan fingerprint density at radius 1 is 1.44 bits per heavy atom. The van der Waals surface area contributed by atoms with Gasteiger partial charge in [0.1, 0.15) is 5.69 Å². The minimum atomic E-state index is 0.395. The van der Waals surface area contributed by atoms with Crippen molar-refractivity contribution in [3.8, 4) is 0 Å². The molecule has 0 aliphatic heterocycles. The molecule has 1 saturated carbocycles. The fourth-order valence-electron chi connectivity index (χ4n) is 2.18. The maximum absolute atomic E-state index is 5.83. The Morgan fingerprint density at radius 2 is 2.19 bits per heavy atom. The van der Waals surface area contributed by atoms with E-state index in [1.165, 1.54) is 12.8 Å². The van der Waals surface area contributed by atoms with E-state index < -0.39 is 0 Å². The molecular weight excluding hydrogens is 204 g/mol. The number of aromatic nitrogens is 3. The van der Waals surface area contributed by atoms with E-state index in [-0.39, 0.29) is 0 Å². The quantitative estimate of drug-likeness (QED) is 0.824. The summed E-state index contributed by atoms with van der Waals surface area (Å²) < 4.78 is 7.54. The van der Waals surface area contributed by atoms with Crippen LogP contribution >= 0.6 is 0 Å². The number of ether oxygens (including phenoxy) is 1. The Labute approximate surface area is 96.2 Å². The molecule has 0 amide bonds. The van der Waals surface area contributed by atoms with E-state index in [1.54, 1.807) is 4.68 Å². The topological polar surface area (TPSA) is 52.0 Å². The molecule has 5 nitrogen and oxygen atoms in total. The van der Waals surface area contributed by atoms with Gasteiger partial charge in [-0.3, -0.25) is 4.68 Å². The first kappa shape index (κ1) is 11.5. The zero-order chi connectivity index (χ0) is 11.4. The molecule has 5 heteroatoms. The molecule has 0 aromatic carbocycles. The number of hydrogen-bond donors (Lipinski definition) is 1. The smallest absolute Gasteiger partial charge is 0.108 e. The van der Waals surface area contributed by atoms with Crippen molar-refractivity contribution in [2.24, 2.45) is 7.05 Å². The van der Waals surface area contributed by atoms with Crippen LogP contribution in [-0.2, 0) is 18.4 Å². The average molecular weight is 224 g/mol. The molecule has 0 spiro atoms. The summed E-state index contributed by atoms with van der Waals surface area (Å²) >= 11 is 0. The fraction of sp³-hybridized carbons (Fsp3) is 0.818. The third-order valence-electron chi connectivity index (χ3n) is 3.20. The molecule has 0 bridgehead atoms. The van der Waals surface area contributed by atoms with E-state index in [0.29, 0.717) is 18.8 Å². The van der Waals surface area contributed by atoms with Gasteiger partial charge in [0, 0.05) is 13.1 Å². The van der Waals surface area contributed by atoms with Crippen LogP contribution in [0.1, 0.15) is 31.4 Å². The molecule has 1 N–H and O–H groups in total. The third-order valence-corrected chi connectivity index (χ3v) is 3.20. The minimum Gasteiger partial charge on any atom is -0.372 e. The highest BCUT2D eigenvalue weighted by Crippen LogP contribution is 2.21. The van der Waals surface area contributed by atoms with Crippen molar-refractivity contribution >= 4 is 0 Å². The summed E-state index contributed by atoms with van der Waals surface area (Å²) in [7, 11) is 3.90. The van der Waals surface area contributed by atoms with Gasteiger partial charge in [0.2, 0.25) is 0 Å². The highest BCUT2D eigenvalue weighted by atomic mass is 16.5.